The Morgan fingerprint density at radius 3 is 2.76 bits per heavy atom. The van der Waals surface area contributed by atoms with Crippen molar-refractivity contribution in [3.63, 3.8) is 0 Å². The van der Waals surface area contributed by atoms with Crippen molar-refractivity contribution in [3.8, 4) is 11.9 Å². The lowest BCUT2D eigenvalue weighted by atomic mass is 10.2. The largest absolute Gasteiger partial charge is 0.301 e. The number of rotatable bonds is 1. The Hall–Kier alpha value is -2.60. The van der Waals surface area contributed by atoms with Crippen molar-refractivity contribution < 1.29 is 0 Å². The van der Waals surface area contributed by atoms with Gasteiger partial charge < -0.3 is 4.57 Å². The SMILES string of the molecule is N#Cc1cccc(-n2ccc3ccccc32)n1. The molecule has 0 aliphatic heterocycles. The van der Waals surface area contributed by atoms with E-state index in [1.807, 2.05) is 47.2 Å². The average molecular weight is 219 g/mol. The van der Waals surface area contributed by atoms with Crippen molar-refractivity contribution >= 4 is 10.9 Å². The molecule has 0 unspecified atom stereocenters. The summed E-state index contributed by atoms with van der Waals surface area (Å²) in [5.74, 6) is 0.769. The topological polar surface area (TPSA) is 41.6 Å². The molecule has 3 aromatic rings. The van der Waals surface area contributed by atoms with Crippen LogP contribution < -0.4 is 0 Å². The Bertz CT molecular complexity index is 719. The van der Waals surface area contributed by atoms with Gasteiger partial charge in [-0.05, 0) is 29.7 Å². The van der Waals surface area contributed by atoms with Crippen molar-refractivity contribution in [2.24, 2.45) is 0 Å². The molecule has 0 amide bonds. The Morgan fingerprint density at radius 2 is 1.88 bits per heavy atom. The molecule has 2 heterocycles. The number of fused-ring (bicyclic) bond motifs is 1. The highest BCUT2D eigenvalue weighted by Crippen LogP contribution is 2.18. The van der Waals surface area contributed by atoms with Gasteiger partial charge in [0.15, 0.2) is 0 Å². The lowest BCUT2D eigenvalue weighted by Crippen LogP contribution is -1.96. The van der Waals surface area contributed by atoms with Crippen LogP contribution in [-0.2, 0) is 0 Å². The minimum atomic E-state index is 0.431. The third-order valence-electron chi connectivity index (χ3n) is 2.70. The Balaban J connectivity index is 2.24. The summed E-state index contributed by atoms with van der Waals surface area (Å²) in [6.45, 7) is 0. The number of hydrogen-bond acceptors (Lipinski definition) is 2. The highest BCUT2D eigenvalue weighted by molar-refractivity contribution is 5.81. The van der Waals surface area contributed by atoms with E-state index in [4.69, 9.17) is 5.26 Å². The number of nitrogens with zero attached hydrogens (tertiary/aromatic N) is 3. The number of benzene rings is 1. The zero-order chi connectivity index (χ0) is 11.7. The molecule has 0 saturated heterocycles. The van der Waals surface area contributed by atoms with Crippen LogP contribution in [0.25, 0.3) is 16.7 Å². The summed E-state index contributed by atoms with van der Waals surface area (Å²) in [4.78, 5) is 4.29. The molecule has 3 rings (SSSR count). The lowest BCUT2D eigenvalue weighted by molar-refractivity contribution is 1.03. The second kappa shape index (κ2) is 3.76. The molecule has 3 heteroatoms. The minimum absolute atomic E-state index is 0.431. The van der Waals surface area contributed by atoms with Gasteiger partial charge >= 0.3 is 0 Å². The maximum absolute atomic E-state index is 8.85. The summed E-state index contributed by atoms with van der Waals surface area (Å²) in [7, 11) is 0. The van der Waals surface area contributed by atoms with E-state index in [2.05, 4.69) is 17.1 Å². The van der Waals surface area contributed by atoms with Crippen molar-refractivity contribution in [3.05, 3.63) is 60.4 Å². The van der Waals surface area contributed by atoms with Gasteiger partial charge in [0.1, 0.15) is 17.6 Å². The number of hydrogen-bond donors (Lipinski definition) is 0. The monoisotopic (exact) mass is 219 g/mol. The molecular weight excluding hydrogens is 210 g/mol. The predicted molar refractivity (Wildman–Crippen MR) is 65.8 cm³/mol. The average Bonchev–Trinajstić information content (AvgIpc) is 2.82. The van der Waals surface area contributed by atoms with E-state index in [9.17, 15) is 0 Å². The van der Waals surface area contributed by atoms with E-state index in [0.29, 0.717) is 5.69 Å². The Labute approximate surface area is 98.6 Å². The molecule has 17 heavy (non-hydrogen) atoms. The molecule has 0 fully saturated rings. The van der Waals surface area contributed by atoms with E-state index in [-0.39, 0.29) is 0 Å². The summed E-state index contributed by atoms with van der Waals surface area (Å²) in [6, 6.07) is 17.6. The van der Waals surface area contributed by atoms with Gasteiger partial charge in [-0.2, -0.15) is 5.26 Å². The number of nitriles is 1. The summed E-state index contributed by atoms with van der Waals surface area (Å²) in [6.07, 6.45) is 1.97. The zero-order valence-corrected chi connectivity index (χ0v) is 9.04. The first-order valence-corrected chi connectivity index (χ1v) is 5.32. The van der Waals surface area contributed by atoms with Crippen molar-refractivity contribution in [2.75, 3.05) is 0 Å². The molecule has 80 valence electrons. The molecule has 0 N–H and O–H groups in total. The van der Waals surface area contributed by atoms with Crippen LogP contribution in [0.3, 0.4) is 0 Å². The molecule has 2 aromatic heterocycles. The van der Waals surface area contributed by atoms with Gasteiger partial charge in [0, 0.05) is 6.20 Å². The molecule has 0 spiro atoms. The molecule has 1 aromatic carbocycles. The fraction of sp³-hybridized carbons (Fsp3) is 0. The zero-order valence-electron chi connectivity index (χ0n) is 9.04. The highest BCUT2D eigenvalue weighted by Gasteiger charge is 2.03. The van der Waals surface area contributed by atoms with Crippen molar-refractivity contribution in [2.45, 2.75) is 0 Å². The van der Waals surface area contributed by atoms with Gasteiger partial charge in [-0.1, -0.05) is 24.3 Å². The van der Waals surface area contributed by atoms with Crippen LogP contribution in [-0.4, -0.2) is 9.55 Å². The summed E-state index contributed by atoms with van der Waals surface area (Å²) < 4.78 is 1.98. The molecule has 3 nitrogen and oxygen atoms in total. The second-order valence-electron chi connectivity index (χ2n) is 3.74. The first kappa shape index (κ1) is 9.61. The maximum Gasteiger partial charge on any atom is 0.142 e. The van der Waals surface area contributed by atoms with Gasteiger partial charge in [0.25, 0.3) is 0 Å². The van der Waals surface area contributed by atoms with Crippen LogP contribution in [0.4, 0.5) is 0 Å². The van der Waals surface area contributed by atoms with Gasteiger partial charge in [0.05, 0.1) is 5.52 Å². The smallest absolute Gasteiger partial charge is 0.142 e. The lowest BCUT2D eigenvalue weighted by Gasteiger charge is -2.04. The van der Waals surface area contributed by atoms with E-state index in [1.165, 1.54) is 0 Å². The molecule has 0 bridgehead atoms. The third-order valence-corrected chi connectivity index (χ3v) is 2.70. The van der Waals surface area contributed by atoms with Crippen molar-refractivity contribution in [1.82, 2.24) is 9.55 Å². The first-order valence-electron chi connectivity index (χ1n) is 5.32. The van der Waals surface area contributed by atoms with Crippen molar-refractivity contribution in [1.29, 1.82) is 5.26 Å². The fourth-order valence-corrected chi connectivity index (χ4v) is 1.90. The van der Waals surface area contributed by atoms with Crippen LogP contribution in [0.5, 0.6) is 0 Å². The Morgan fingerprint density at radius 1 is 1.00 bits per heavy atom. The number of pyridine rings is 1. The molecule has 0 radical (unpaired) electrons. The third kappa shape index (κ3) is 1.56. The van der Waals surface area contributed by atoms with Gasteiger partial charge in [-0.25, -0.2) is 4.98 Å². The van der Waals surface area contributed by atoms with Crippen LogP contribution in [0.1, 0.15) is 5.69 Å². The number of aromatic nitrogens is 2. The van der Waals surface area contributed by atoms with E-state index in [0.717, 1.165) is 16.7 Å². The summed E-state index contributed by atoms with van der Waals surface area (Å²) >= 11 is 0. The second-order valence-corrected chi connectivity index (χ2v) is 3.74. The van der Waals surface area contributed by atoms with Crippen LogP contribution >= 0.6 is 0 Å². The molecule has 0 saturated carbocycles. The molecule has 0 atom stereocenters. The molecule has 0 aliphatic rings. The summed E-state index contributed by atoms with van der Waals surface area (Å²) in [5.41, 5.74) is 1.52. The minimum Gasteiger partial charge on any atom is -0.301 e. The van der Waals surface area contributed by atoms with Crippen LogP contribution in [0, 0.1) is 11.3 Å². The maximum atomic E-state index is 8.85. The van der Waals surface area contributed by atoms with E-state index in [1.54, 1.807) is 6.07 Å². The molecular formula is C14H9N3. The van der Waals surface area contributed by atoms with Crippen LogP contribution in [0.2, 0.25) is 0 Å². The van der Waals surface area contributed by atoms with Gasteiger partial charge in [-0.3, -0.25) is 0 Å². The number of para-hydroxylation sites is 1. The van der Waals surface area contributed by atoms with E-state index >= 15 is 0 Å². The van der Waals surface area contributed by atoms with Gasteiger partial charge in [0.2, 0.25) is 0 Å². The summed E-state index contributed by atoms with van der Waals surface area (Å²) in [5, 5.41) is 10.0. The Kier molecular flexibility index (Phi) is 2.13. The standard InChI is InChI=1S/C14H9N3/c15-10-12-5-3-7-14(16-12)17-9-8-11-4-1-2-6-13(11)17/h1-9H. The fourth-order valence-electron chi connectivity index (χ4n) is 1.90. The highest BCUT2D eigenvalue weighted by atomic mass is 15.1. The normalized spacial score (nSPS) is 10.3. The van der Waals surface area contributed by atoms with Crippen LogP contribution in [0.15, 0.2) is 54.7 Å². The predicted octanol–water partition coefficient (Wildman–Crippen LogP) is 2.90. The van der Waals surface area contributed by atoms with E-state index < -0.39 is 0 Å². The quantitative estimate of drug-likeness (QED) is 0.631. The molecule has 0 aliphatic carbocycles. The van der Waals surface area contributed by atoms with Gasteiger partial charge in [-0.15, -0.1) is 0 Å². The first-order chi connectivity index (χ1) is 8.38.